The van der Waals surface area contributed by atoms with Gasteiger partial charge in [0, 0.05) is 26.2 Å². The van der Waals surface area contributed by atoms with E-state index in [-0.39, 0.29) is 12.1 Å². The number of nitrogens with zero attached hydrogens (tertiary/aromatic N) is 1. The van der Waals surface area contributed by atoms with E-state index in [2.05, 4.69) is 34.6 Å². The predicted octanol–water partition coefficient (Wildman–Crippen LogP) is 1.86. The van der Waals surface area contributed by atoms with E-state index >= 15 is 0 Å². The van der Waals surface area contributed by atoms with Gasteiger partial charge < -0.3 is 25.0 Å². The molecule has 144 valence electrons. The summed E-state index contributed by atoms with van der Waals surface area (Å²) in [5, 5.41) is 6.62. The largest absolute Gasteiger partial charge is 0.486 e. The fraction of sp³-hybridized carbons (Fsp3) is 0.650. The number of aryl methyl sites for hydroxylation is 1. The number of anilines is 1. The van der Waals surface area contributed by atoms with E-state index < -0.39 is 11.6 Å². The highest BCUT2D eigenvalue weighted by molar-refractivity contribution is 5.77. The number of carbonyl (C=O) groups excluding carboxylic acids is 1. The molecule has 2 N–H and O–H groups in total. The summed E-state index contributed by atoms with van der Waals surface area (Å²) in [6.45, 7) is 12.4. The molecule has 6 heteroatoms. The molecule has 0 radical (unpaired) electrons. The first-order chi connectivity index (χ1) is 12.3. The fourth-order valence-electron chi connectivity index (χ4n) is 3.45. The van der Waals surface area contributed by atoms with E-state index in [1.54, 1.807) is 0 Å². The summed E-state index contributed by atoms with van der Waals surface area (Å²) in [5.41, 5.74) is 1.82. The Labute approximate surface area is 156 Å². The van der Waals surface area contributed by atoms with Crippen molar-refractivity contribution < 1.29 is 14.3 Å². The predicted molar refractivity (Wildman–Crippen MR) is 103 cm³/mol. The molecule has 1 aromatic carbocycles. The lowest BCUT2D eigenvalue weighted by molar-refractivity contribution is -0.158. The summed E-state index contributed by atoms with van der Waals surface area (Å²) in [6.07, 6.45) is 0.577. The molecule has 3 rings (SSSR count). The summed E-state index contributed by atoms with van der Waals surface area (Å²) >= 11 is 0. The van der Waals surface area contributed by atoms with E-state index in [0.717, 1.165) is 50.6 Å². The quantitative estimate of drug-likeness (QED) is 0.798. The second-order valence-corrected chi connectivity index (χ2v) is 8.12. The number of benzene rings is 1. The number of rotatable bonds is 4. The first-order valence-electron chi connectivity index (χ1n) is 9.53. The van der Waals surface area contributed by atoms with Crippen molar-refractivity contribution in [2.24, 2.45) is 0 Å². The molecular weight excluding hydrogens is 330 g/mol. The Balaban J connectivity index is 1.76. The van der Waals surface area contributed by atoms with Crippen molar-refractivity contribution in [2.75, 3.05) is 37.6 Å². The molecule has 2 atom stereocenters. The van der Waals surface area contributed by atoms with Crippen molar-refractivity contribution in [1.82, 2.24) is 10.6 Å². The standard InChI is InChI=1S/C20H31N3O3/c1-14-5-6-16(15(13-14)23-11-9-21-10-12-23)25-17-7-8-22-18(17)19(24)26-20(2,3)4/h5-6,13,17-18,21-22H,7-12H2,1-4H3/t17-,18?/m0/s1. The van der Waals surface area contributed by atoms with Crippen LogP contribution in [0.2, 0.25) is 0 Å². The summed E-state index contributed by atoms with van der Waals surface area (Å²) in [6, 6.07) is 5.83. The molecule has 0 amide bonds. The first-order valence-corrected chi connectivity index (χ1v) is 9.53. The molecule has 2 fully saturated rings. The van der Waals surface area contributed by atoms with Crippen LogP contribution < -0.4 is 20.3 Å². The van der Waals surface area contributed by atoms with Crippen LogP contribution in [0.25, 0.3) is 0 Å². The number of nitrogens with one attached hydrogen (secondary N) is 2. The lowest BCUT2D eigenvalue weighted by Gasteiger charge is -2.32. The Morgan fingerprint density at radius 2 is 1.92 bits per heavy atom. The summed E-state index contributed by atoms with van der Waals surface area (Å²) < 4.78 is 11.9. The van der Waals surface area contributed by atoms with Gasteiger partial charge in [0.25, 0.3) is 0 Å². The number of hydrogen-bond donors (Lipinski definition) is 2. The van der Waals surface area contributed by atoms with Crippen LogP contribution in [0.15, 0.2) is 18.2 Å². The van der Waals surface area contributed by atoms with Gasteiger partial charge in [-0.3, -0.25) is 4.79 Å². The monoisotopic (exact) mass is 361 g/mol. The highest BCUT2D eigenvalue weighted by Crippen LogP contribution is 2.32. The number of carbonyl (C=O) groups is 1. The van der Waals surface area contributed by atoms with E-state index in [4.69, 9.17) is 9.47 Å². The van der Waals surface area contributed by atoms with Crippen LogP contribution >= 0.6 is 0 Å². The van der Waals surface area contributed by atoms with Crippen LogP contribution in [-0.2, 0) is 9.53 Å². The van der Waals surface area contributed by atoms with Gasteiger partial charge in [-0.1, -0.05) is 6.07 Å². The zero-order valence-electron chi connectivity index (χ0n) is 16.3. The molecule has 0 saturated carbocycles. The SMILES string of the molecule is Cc1ccc(O[C@H]2CCNC2C(=O)OC(C)(C)C)c(N2CCNCC2)c1. The highest BCUT2D eigenvalue weighted by atomic mass is 16.6. The van der Waals surface area contributed by atoms with Gasteiger partial charge in [-0.05, 0) is 58.4 Å². The Morgan fingerprint density at radius 3 is 2.62 bits per heavy atom. The third-order valence-corrected chi connectivity index (χ3v) is 4.68. The molecule has 26 heavy (non-hydrogen) atoms. The zero-order chi connectivity index (χ0) is 18.7. The van der Waals surface area contributed by atoms with Crippen LogP contribution in [-0.4, -0.2) is 56.4 Å². The van der Waals surface area contributed by atoms with E-state index in [0.29, 0.717) is 0 Å². The van der Waals surface area contributed by atoms with Crippen molar-refractivity contribution in [3.8, 4) is 5.75 Å². The molecule has 0 bridgehead atoms. The molecular formula is C20H31N3O3. The van der Waals surface area contributed by atoms with Crippen molar-refractivity contribution in [3.05, 3.63) is 23.8 Å². The van der Waals surface area contributed by atoms with Gasteiger partial charge in [-0.15, -0.1) is 0 Å². The molecule has 2 aliphatic rings. The van der Waals surface area contributed by atoms with Gasteiger partial charge in [0.2, 0.25) is 0 Å². The van der Waals surface area contributed by atoms with Gasteiger partial charge >= 0.3 is 5.97 Å². The van der Waals surface area contributed by atoms with E-state index in [9.17, 15) is 4.79 Å². The van der Waals surface area contributed by atoms with Crippen molar-refractivity contribution >= 4 is 11.7 Å². The average Bonchev–Trinajstić information content (AvgIpc) is 3.04. The maximum Gasteiger partial charge on any atom is 0.327 e. The number of esters is 1. The summed E-state index contributed by atoms with van der Waals surface area (Å²) in [7, 11) is 0. The van der Waals surface area contributed by atoms with Crippen LogP contribution in [0.1, 0.15) is 32.8 Å². The average molecular weight is 361 g/mol. The molecule has 0 aliphatic carbocycles. The Morgan fingerprint density at radius 1 is 1.19 bits per heavy atom. The molecule has 2 saturated heterocycles. The normalized spacial score (nSPS) is 23.8. The minimum Gasteiger partial charge on any atom is -0.486 e. The lowest BCUT2D eigenvalue weighted by Crippen LogP contribution is -2.45. The first kappa shape index (κ1) is 19.0. The van der Waals surface area contributed by atoms with Crippen LogP contribution in [0.5, 0.6) is 5.75 Å². The second-order valence-electron chi connectivity index (χ2n) is 8.12. The van der Waals surface area contributed by atoms with Crippen LogP contribution in [0.4, 0.5) is 5.69 Å². The topological polar surface area (TPSA) is 62.8 Å². The molecule has 0 aromatic heterocycles. The van der Waals surface area contributed by atoms with Crippen molar-refractivity contribution in [3.63, 3.8) is 0 Å². The third kappa shape index (κ3) is 4.68. The highest BCUT2D eigenvalue weighted by Gasteiger charge is 2.38. The molecule has 1 aromatic rings. The number of hydrogen-bond acceptors (Lipinski definition) is 6. The zero-order valence-corrected chi connectivity index (χ0v) is 16.3. The number of ether oxygens (including phenoxy) is 2. The summed E-state index contributed by atoms with van der Waals surface area (Å²) in [4.78, 5) is 14.9. The van der Waals surface area contributed by atoms with Crippen molar-refractivity contribution in [1.29, 1.82) is 0 Å². The van der Waals surface area contributed by atoms with Crippen LogP contribution in [0.3, 0.4) is 0 Å². The Bertz CT molecular complexity index is 636. The Kier molecular flexibility index (Phi) is 5.73. The summed E-state index contributed by atoms with van der Waals surface area (Å²) in [5.74, 6) is 0.607. The minimum absolute atomic E-state index is 0.214. The molecule has 2 heterocycles. The maximum absolute atomic E-state index is 12.5. The second kappa shape index (κ2) is 7.84. The van der Waals surface area contributed by atoms with Gasteiger partial charge in [0.15, 0.2) is 0 Å². The molecule has 2 aliphatic heterocycles. The van der Waals surface area contributed by atoms with Crippen LogP contribution in [0, 0.1) is 6.92 Å². The van der Waals surface area contributed by atoms with Gasteiger partial charge in [0.05, 0.1) is 5.69 Å². The third-order valence-electron chi connectivity index (χ3n) is 4.68. The lowest BCUT2D eigenvalue weighted by atomic mass is 10.1. The van der Waals surface area contributed by atoms with E-state index in [1.165, 1.54) is 5.56 Å². The van der Waals surface area contributed by atoms with E-state index in [1.807, 2.05) is 26.8 Å². The fourth-order valence-corrected chi connectivity index (χ4v) is 3.45. The minimum atomic E-state index is -0.498. The maximum atomic E-state index is 12.5. The smallest absolute Gasteiger partial charge is 0.327 e. The van der Waals surface area contributed by atoms with Gasteiger partial charge in [-0.2, -0.15) is 0 Å². The van der Waals surface area contributed by atoms with Gasteiger partial charge in [-0.25, -0.2) is 0 Å². The molecule has 0 spiro atoms. The molecule has 6 nitrogen and oxygen atoms in total. The van der Waals surface area contributed by atoms with Crippen molar-refractivity contribution in [2.45, 2.75) is 51.9 Å². The van der Waals surface area contributed by atoms with Gasteiger partial charge in [0.1, 0.15) is 23.5 Å². The number of piperazine rings is 1. The molecule has 1 unspecified atom stereocenters. The Hall–Kier alpha value is -1.79.